The molecule has 26 heavy (non-hydrogen) atoms. The van der Waals surface area contributed by atoms with Crippen molar-refractivity contribution in [2.24, 2.45) is 0 Å². The maximum Gasteiger partial charge on any atom is 0.323 e. The molecule has 0 spiro atoms. The van der Waals surface area contributed by atoms with Crippen molar-refractivity contribution in [2.75, 3.05) is 33.9 Å². The molecule has 0 aromatic heterocycles. The molecule has 0 atom stereocenters. The number of nitrogens with zero attached hydrogens (tertiary/aromatic N) is 1. The summed E-state index contributed by atoms with van der Waals surface area (Å²) >= 11 is 0. The Morgan fingerprint density at radius 3 is 1.96 bits per heavy atom. The highest BCUT2D eigenvalue weighted by Crippen LogP contribution is 2.23. The lowest BCUT2D eigenvalue weighted by Crippen LogP contribution is -2.22. The minimum atomic E-state index is -0.309. The number of hydrogen-bond acceptors (Lipinski definition) is 3. The number of anilines is 4. The molecule has 2 aromatic carbocycles. The van der Waals surface area contributed by atoms with E-state index in [-0.39, 0.29) is 11.9 Å². The van der Waals surface area contributed by atoms with Gasteiger partial charge in [-0.25, -0.2) is 4.79 Å². The van der Waals surface area contributed by atoms with E-state index in [2.05, 4.69) is 40.8 Å². The number of urea groups is 1. The zero-order valence-corrected chi connectivity index (χ0v) is 15.7. The zero-order valence-electron chi connectivity index (χ0n) is 15.7. The van der Waals surface area contributed by atoms with Gasteiger partial charge in [0.25, 0.3) is 0 Å². The predicted molar refractivity (Wildman–Crippen MR) is 108 cm³/mol. The van der Waals surface area contributed by atoms with Crippen LogP contribution < -0.4 is 20.9 Å². The van der Waals surface area contributed by atoms with Gasteiger partial charge >= 0.3 is 6.03 Å². The number of carbonyl (C=O) groups excluding carboxylic acids is 2. The van der Waals surface area contributed by atoms with Crippen molar-refractivity contribution in [1.29, 1.82) is 0 Å². The van der Waals surface area contributed by atoms with Crippen LogP contribution in [0.25, 0.3) is 0 Å². The van der Waals surface area contributed by atoms with Gasteiger partial charge in [-0.05, 0) is 68.8 Å². The van der Waals surface area contributed by atoms with Gasteiger partial charge in [0.1, 0.15) is 0 Å². The van der Waals surface area contributed by atoms with Crippen molar-refractivity contribution in [3.63, 3.8) is 0 Å². The number of hydrogen-bond donors (Lipinski definition) is 3. The van der Waals surface area contributed by atoms with Gasteiger partial charge in [0, 0.05) is 42.8 Å². The molecule has 0 aliphatic carbocycles. The summed E-state index contributed by atoms with van der Waals surface area (Å²) in [4.78, 5) is 25.5. The summed E-state index contributed by atoms with van der Waals surface area (Å²) in [6.45, 7) is 9.55. The molecule has 138 valence electrons. The van der Waals surface area contributed by atoms with Gasteiger partial charge in [-0.15, -0.1) is 0 Å². The van der Waals surface area contributed by atoms with E-state index < -0.39 is 0 Å². The number of amides is 3. The minimum Gasteiger partial charge on any atom is -0.372 e. The number of rotatable bonds is 6. The molecule has 0 fully saturated rings. The highest BCUT2D eigenvalue weighted by molar-refractivity contribution is 6.00. The normalized spacial score (nSPS) is 10.2. The Balaban J connectivity index is 2.00. The van der Waals surface area contributed by atoms with Gasteiger partial charge in [-0.2, -0.15) is 0 Å². The average molecular weight is 354 g/mol. The van der Waals surface area contributed by atoms with Crippen LogP contribution in [0.5, 0.6) is 0 Å². The summed E-state index contributed by atoms with van der Waals surface area (Å²) in [5.41, 5.74) is 4.26. The van der Waals surface area contributed by atoms with Crippen LogP contribution in [0.15, 0.2) is 42.5 Å². The third-order valence-electron chi connectivity index (χ3n) is 4.05. The molecule has 0 radical (unpaired) electrons. The molecule has 3 N–H and O–H groups in total. The molecule has 6 nitrogen and oxygen atoms in total. The Morgan fingerprint density at radius 1 is 0.885 bits per heavy atom. The predicted octanol–water partition coefficient (Wildman–Crippen LogP) is 4.44. The van der Waals surface area contributed by atoms with Crippen molar-refractivity contribution < 1.29 is 9.59 Å². The molecule has 0 unspecified atom stereocenters. The van der Waals surface area contributed by atoms with Crippen LogP contribution in [0.2, 0.25) is 0 Å². The first-order valence-corrected chi connectivity index (χ1v) is 8.74. The Bertz CT molecular complexity index is 768. The van der Waals surface area contributed by atoms with E-state index in [1.165, 1.54) is 6.92 Å². The Hall–Kier alpha value is -3.02. The van der Waals surface area contributed by atoms with E-state index in [4.69, 9.17) is 0 Å². The Kier molecular flexibility index (Phi) is 6.60. The average Bonchev–Trinajstić information content (AvgIpc) is 2.59. The largest absolute Gasteiger partial charge is 0.372 e. The number of carbonyl (C=O) groups is 2. The molecule has 0 aliphatic rings. The van der Waals surface area contributed by atoms with E-state index in [9.17, 15) is 9.59 Å². The second-order valence-electron chi connectivity index (χ2n) is 6.01. The molecule has 2 rings (SSSR count). The van der Waals surface area contributed by atoms with Crippen molar-refractivity contribution in [2.45, 2.75) is 27.7 Å². The summed E-state index contributed by atoms with van der Waals surface area (Å²) in [5.74, 6) is -0.132. The Morgan fingerprint density at radius 2 is 1.46 bits per heavy atom. The first kappa shape index (κ1) is 19.3. The smallest absolute Gasteiger partial charge is 0.323 e. The second-order valence-corrected chi connectivity index (χ2v) is 6.01. The van der Waals surface area contributed by atoms with Crippen molar-refractivity contribution in [1.82, 2.24) is 0 Å². The van der Waals surface area contributed by atoms with Gasteiger partial charge in [-0.1, -0.05) is 0 Å². The minimum absolute atomic E-state index is 0.132. The molecule has 0 saturated carbocycles. The molecule has 2 aromatic rings. The molecule has 0 bridgehead atoms. The highest BCUT2D eigenvalue weighted by atomic mass is 16.2. The first-order valence-electron chi connectivity index (χ1n) is 8.74. The van der Waals surface area contributed by atoms with Crippen LogP contribution >= 0.6 is 0 Å². The Labute approximate surface area is 154 Å². The topological polar surface area (TPSA) is 73.5 Å². The number of nitrogens with one attached hydrogen (secondary N) is 3. The summed E-state index contributed by atoms with van der Waals surface area (Å²) in [6, 6.07) is 12.6. The summed E-state index contributed by atoms with van der Waals surface area (Å²) in [6.07, 6.45) is 0. The molecular weight excluding hydrogens is 328 g/mol. The van der Waals surface area contributed by atoms with E-state index in [0.717, 1.165) is 30.0 Å². The van der Waals surface area contributed by atoms with Crippen LogP contribution in [0.4, 0.5) is 27.5 Å². The van der Waals surface area contributed by atoms with E-state index in [0.29, 0.717) is 11.4 Å². The number of benzene rings is 2. The second kappa shape index (κ2) is 8.89. The van der Waals surface area contributed by atoms with Crippen LogP contribution in [-0.4, -0.2) is 25.0 Å². The van der Waals surface area contributed by atoms with Gasteiger partial charge in [0.05, 0.1) is 0 Å². The SMILES string of the molecule is CCN(CC)c1ccc(NC(=O)Nc2ccc(NC(C)=O)cc2)c(C)c1. The molecule has 3 amide bonds. The third-order valence-corrected chi connectivity index (χ3v) is 4.05. The molecule has 0 saturated heterocycles. The van der Waals surface area contributed by atoms with Crippen molar-refractivity contribution >= 4 is 34.7 Å². The molecular formula is C20H26N4O2. The maximum atomic E-state index is 12.2. The van der Waals surface area contributed by atoms with Gasteiger partial charge in [0.2, 0.25) is 5.91 Å². The summed E-state index contributed by atoms with van der Waals surface area (Å²) in [7, 11) is 0. The number of aryl methyl sites for hydroxylation is 1. The van der Waals surface area contributed by atoms with Crippen molar-refractivity contribution in [3.8, 4) is 0 Å². The fourth-order valence-electron chi connectivity index (χ4n) is 2.70. The molecule has 6 heteroatoms. The third kappa shape index (κ3) is 5.24. The molecule has 0 aliphatic heterocycles. The lowest BCUT2D eigenvalue weighted by Gasteiger charge is -2.22. The quantitative estimate of drug-likeness (QED) is 0.718. The summed E-state index contributed by atoms with van der Waals surface area (Å²) in [5, 5.41) is 8.34. The highest BCUT2D eigenvalue weighted by Gasteiger charge is 2.08. The van der Waals surface area contributed by atoms with Crippen molar-refractivity contribution in [3.05, 3.63) is 48.0 Å². The summed E-state index contributed by atoms with van der Waals surface area (Å²) < 4.78 is 0. The van der Waals surface area contributed by atoms with E-state index in [1.807, 2.05) is 19.1 Å². The van der Waals surface area contributed by atoms with Gasteiger partial charge < -0.3 is 20.9 Å². The zero-order chi connectivity index (χ0) is 19.1. The standard InChI is InChI=1S/C20H26N4O2/c1-5-24(6-2)18-11-12-19(14(3)13-18)23-20(26)22-17-9-7-16(8-10-17)21-15(4)25/h7-13H,5-6H2,1-4H3,(H,21,25)(H2,22,23,26). The van der Waals surface area contributed by atoms with E-state index in [1.54, 1.807) is 24.3 Å². The van der Waals surface area contributed by atoms with Crippen LogP contribution in [-0.2, 0) is 4.79 Å². The lowest BCUT2D eigenvalue weighted by atomic mass is 10.1. The fraction of sp³-hybridized carbons (Fsp3) is 0.300. The first-order chi connectivity index (χ1) is 12.4. The van der Waals surface area contributed by atoms with Gasteiger partial charge in [-0.3, -0.25) is 4.79 Å². The van der Waals surface area contributed by atoms with Crippen LogP contribution in [0, 0.1) is 6.92 Å². The van der Waals surface area contributed by atoms with Gasteiger partial charge in [0.15, 0.2) is 0 Å². The molecule has 0 heterocycles. The van der Waals surface area contributed by atoms with E-state index >= 15 is 0 Å². The van der Waals surface area contributed by atoms with Crippen LogP contribution in [0.1, 0.15) is 26.3 Å². The monoisotopic (exact) mass is 354 g/mol. The lowest BCUT2D eigenvalue weighted by molar-refractivity contribution is -0.114. The van der Waals surface area contributed by atoms with Crippen LogP contribution in [0.3, 0.4) is 0 Å². The maximum absolute atomic E-state index is 12.2. The fourth-order valence-corrected chi connectivity index (χ4v) is 2.70.